The lowest BCUT2D eigenvalue weighted by molar-refractivity contribution is -0.153. The van der Waals surface area contributed by atoms with Crippen molar-refractivity contribution in [1.82, 2.24) is 4.98 Å². The summed E-state index contributed by atoms with van der Waals surface area (Å²) in [5, 5.41) is 0. The lowest BCUT2D eigenvalue weighted by atomic mass is 10.1. The van der Waals surface area contributed by atoms with Crippen LogP contribution in [0.15, 0.2) is 24.5 Å². The summed E-state index contributed by atoms with van der Waals surface area (Å²) >= 11 is 0. The second kappa shape index (κ2) is 5.78. The summed E-state index contributed by atoms with van der Waals surface area (Å²) < 4.78 is 9.78. The first-order valence-corrected chi connectivity index (χ1v) is 4.32. The predicted octanol–water partition coefficient (Wildman–Crippen LogP) is 0.945. The Morgan fingerprint density at radius 2 is 2.53 bits per heavy atom. The van der Waals surface area contributed by atoms with Crippen LogP contribution >= 0.6 is 0 Å². The average molecular weight is 205 g/mol. The van der Waals surface area contributed by atoms with E-state index in [0.29, 0.717) is 5.56 Å². The average Bonchev–Trinajstić information content (AvgIpc) is 2.30. The van der Waals surface area contributed by atoms with Crippen LogP contribution < -0.4 is 0 Å². The Labute approximate surface area is 88.2 Å². The van der Waals surface area contributed by atoms with E-state index in [4.69, 9.17) is 11.2 Å². The van der Waals surface area contributed by atoms with Crippen molar-refractivity contribution in [3.05, 3.63) is 30.1 Å². The molecular weight excluding hydrogens is 194 g/mol. The second-order valence-corrected chi connectivity index (χ2v) is 2.70. The van der Waals surface area contributed by atoms with Gasteiger partial charge in [0.25, 0.3) is 0 Å². The SMILES string of the molecule is C#CCOC(C(=O)OC)c1cccnc1. The summed E-state index contributed by atoms with van der Waals surface area (Å²) in [4.78, 5) is 15.3. The smallest absolute Gasteiger partial charge is 0.339 e. The molecule has 1 rings (SSSR count). The number of hydrogen-bond donors (Lipinski definition) is 0. The topological polar surface area (TPSA) is 48.4 Å². The number of ether oxygens (including phenoxy) is 2. The quantitative estimate of drug-likeness (QED) is 0.542. The molecule has 0 saturated carbocycles. The highest BCUT2D eigenvalue weighted by molar-refractivity contribution is 5.76. The molecule has 4 nitrogen and oxygen atoms in total. The van der Waals surface area contributed by atoms with Crippen molar-refractivity contribution in [2.45, 2.75) is 6.10 Å². The molecule has 0 aliphatic carbocycles. The van der Waals surface area contributed by atoms with Gasteiger partial charge in [-0.2, -0.15) is 0 Å². The van der Waals surface area contributed by atoms with E-state index < -0.39 is 12.1 Å². The normalized spacial score (nSPS) is 11.5. The van der Waals surface area contributed by atoms with E-state index >= 15 is 0 Å². The lowest BCUT2D eigenvalue weighted by Crippen LogP contribution is -2.18. The number of rotatable bonds is 4. The standard InChI is InChI=1S/C11H11NO3/c1-3-7-15-10(11(13)14-2)9-5-4-6-12-8-9/h1,4-6,8,10H,7H2,2H3. The number of carbonyl (C=O) groups excluding carboxylic acids is 1. The molecule has 0 aromatic carbocycles. The van der Waals surface area contributed by atoms with Crippen LogP contribution in [0.3, 0.4) is 0 Å². The van der Waals surface area contributed by atoms with Crippen LogP contribution in [0.25, 0.3) is 0 Å². The van der Waals surface area contributed by atoms with Gasteiger partial charge in [-0.3, -0.25) is 4.98 Å². The van der Waals surface area contributed by atoms with Crippen molar-refractivity contribution in [3.8, 4) is 12.3 Å². The van der Waals surface area contributed by atoms with Gasteiger partial charge in [0.2, 0.25) is 0 Å². The summed E-state index contributed by atoms with van der Waals surface area (Å²) in [5.41, 5.74) is 0.625. The second-order valence-electron chi connectivity index (χ2n) is 2.70. The van der Waals surface area contributed by atoms with Crippen LogP contribution in [0, 0.1) is 12.3 Å². The van der Waals surface area contributed by atoms with Crippen molar-refractivity contribution in [2.75, 3.05) is 13.7 Å². The Kier molecular flexibility index (Phi) is 4.32. The van der Waals surface area contributed by atoms with Gasteiger partial charge in [-0.05, 0) is 6.07 Å². The first-order chi connectivity index (χ1) is 7.29. The van der Waals surface area contributed by atoms with E-state index in [1.807, 2.05) is 0 Å². The first kappa shape index (κ1) is 11.2. The number of esters is 1. The number of nitrogens with zero attached hydrogens (tertiary/aromatic N) is 1. The van der Waals surface area contributed by atoms with Crippen molar-refractivity contribution in [3.63, 3.8) is 0 Å². The van der Waals surface area contributed by atoms with Gasteiger partial charge in [0.1, 0.15) is 6.61 Å². The number of terminal acetylenes is 1. The summed E-state index contributed by atoms with van der Waals surface area (Å²) in [6.45, 7) is 0.0503. The molecule has 0 spiro atoms. The molecule has 15 heavy (non-hydrogen) atoms. The van der Waals surface area contributed by atoms with E-state index in [9.17, 15) is 4.79 Å². The van der Waals surface area contributed by atoms with E-state index in [1.54, 1.807) is 18.3 Å². The van der Waals surface area contributed by atoms with Gasteiger partial charge in [-0.15, -0.1) is 6.42 Å². The maximum atomic E-state index is 11.4. The zero-order valence-electron chi connectivity index (χ0n) is 8.34. The van der Waals surface area contributed by atoms with Gasteiger partial charge >= 0.3 is 5.97 Å². The fourth-order valence-corrected chi connectivity index (χ4v) is 1.07. The third kappa shape index (κ3) is 3.08. The van der Waals surface area contributed by atoms with Crippen molar-refractivity contribution in [1.29, 1.82) is 0 Å². The minimum Gasteiger partial charge on any atom is -0.467 e. The molecule has 4 heteroatoms. The highest BCUT2D eigenvalue weighted by Crippen LogP contribution is 2.17. The molecule has 0 aliphatic heterocycles. The molecule has 0 radical (unpaired) electrons. The van der Waals surface area contributed by atoms with Gasteiger partial charge < -0.3 is 9.47 Å². The molecule has 0 N–H and O–H groups in total. The minimum absolute atomic E-state index is 0.0503. The molecule has 1 heterocycles. The van der Waals surface area contributed by atoms with Gasteiger partial charge in [0, 0.05) is 18.0 Å². The number of carbonyl (C=O) groups is 1. The molecule has 0 amide bonds. The Morgan fingerprint density at radius 3 is 3.07 bits per heavy atom. The van der Waals surface area contributed by atoms with E-state index in [0.717, 1.165) is 0 Å². The zero-order chi connectivity index (χ0) is 11.1. The van der Waals surface area contributed by atoms with Crippen LogP contribution in [0.1, 0.15) is 11.7 Å². The highest BCUT2D eigenvalue weighted by Gasteiger charge is 2.21. The van der Waals surface area contributed by atoms with E-state index in [1.165, 1.54) is 13.3 Å². The van der Waals surface area contributed by atoms with Crippen molar-refractivity contribution >= 4 is 5.97 Å². The van der Waals surface area contributed by atoms with Crippen LogP contribution in [0.2, 0.25) is 0 Å². The lowest BCUT2D eigenvalue weighted by Gasteiger charge is -2.13. The van der Waals surface area contributed by atoms with Gasteiger partial charge in [0.05, 0.1) is 7.11 Å². The number of pyridine rings is 1. The van der Waals surface area contributed by atoms with E-state index in [2.05, 4.69) is 15.6 Å². The number of hydrogen-bond acceptors (Lipinski definition) is 4. The molecule has 0 aliphatic rings. The fraction of sp³-hybridized carbons (Fsp3) is 0.273. The molecule has 1 aromatic rings. The summed E-state index contributed by atoms with van der Waals surface area (Å²) in [6, 6.07) is 3.44. The number of methoxy groups -OCH3 is 1. The van der Waals surface area contributed by atoms with Gasteiger partial charge in [-0.25, -0.2) is 4.79 Å². The summed E-state index contributed by atoms with van der Waals surface area (Å²) in [6.07, 6.45) is 7.40. The highest BCUT2D eigenvalue weighted by atomic mass is 16.6. The van der Waals surface area contributed by atoms with Gasteiger partial charge in [-0.1, -0.05) is 12.0 Å². The monoisotopic (exact) mass is 205 g/mol. The number of aromatic nitrogens is 1. The predicted molar refractivity (Wildman–Crippen MR) is 53.8 cm³/mol. The molecular formula is C11H11NO3. The third-order valence-corrected chi connectivity index (χ3v) is 1.74. The Morgan fingerprint density at radius 1 is 1.73 bits per heavy atom. The van der Waals surface area contributed by atoms with Crippen molar-refractivity contribution in [2.24, 2.45) is 0 Å². The summed E-state index contributed by atoms with van der Waals surface area (Å²) in [5.74, 6) is 1.81. The molecule has 0 saturated heterocycles. The Balaban J connectivity index is 2.82. The van der Waals surface area contributed by atoms with Crippen LogP contribution in [-0.4, -0.2) is 24.7 Å². The largest absolute Gasteiger partial charge is 0.467 e. The molecule has 1 unspecified atom stereocenters. The van der Waals surface area contributed by atoms with E-state index in [-0.39, 0.29) is 6.61 Å². The van der Waals surface area contributed by atoms with Gasteiger partial charge in [0.15, 0.2) is 6.10 Å². The fourth-order valence-electron chi connectivity index (χ4n) is 1.07. The Hall–Kier alpha value is -1.86. The summed E-state index contributed by atoms with van der Waals surface area (Å²) in [7, 11) is 1.30. The molecule has 0 fully saturated rings. The maximum absolute atomic E-state index is 11.4. The molecule has 0 bridgehead atoms. The molecule has 1 aromatic heterocycles. The van der Waals surface area contributed by atoms with Crippen LogP contribution in [-0.2, 0) is 14.3 Å². The van der Waals surface area contributed by atoms with Crippen LogP contribution in [0.4, 0.5) is 0 Å². The zero-order valence-corrected chi connectivity index (χ0v) is 8.34. The third-order valence-electron chi connectivity index (χ3n) is 1.74. The molecule has 78 valence electrons. The maximum Gasteiger partial charge on any atom is 0.339 e. The van der Waals surface area contributed by atoms with Crippen LogP contribution in [0.5, 0.6) is 0 Å². The first-order valence-electron chi connectivity index (χ1n) is 4.32. The Bertz CT molecular complexity index is 356. The minimum atomic E-state index is -0.806. The van der Waals surface area contributed by atoms with Crippen molar-refractivity contribution < 1.29 is 14.3 Å². The molecule has 1 atom stereocenters.